The van der Waals surface area contributed by atoms with Gasteiger partial charge < -0.3 is 20.7 Å². The fourth-order valence-corrected chi connectivity index (χ4v) is 4.80. The van der Waals surface area contributed by atoms with Crippen molar-refractivity contribution >= 4 is 17.4 Å². The molecule has 0 aliphatic carbocycles. The van der Waals surface area contributed by atoms with Gasteiger partial charge in [0.05, 0.1) is 17.3 Å². The fraction of sp³-hybridized carbons (Fsp3) is 0.286. The summed E-state index contributed by atoms with van der Waals surface area (Å²) in [6, 6.07) is 7.44. The standard InChI is InChI=1S/C28H27F5N8O2/c1-39(2)17-8-11-40(14-17)15-19-22(7-10-35-25(19)34)43-23-6-5-16(12-21(23)30)38-27(42)18-13-37-41(24(18)28(31,32)33)26-20(29)4-3-9-36-26/h3-7,9-10,12-13,17H,8,11,14-15H2,1-2H3,(H2,34,35)(H,38,42). The number of nitrogens with zero attached hydrogens (tertiary/aromatic N) is 6. The molecule has 43 heavy (non-hydrogen) atoms. The molecular weight excluding hydrogens is 575 g/mol. The minimum atomic E-state index is -5.09. The number of pyridine rings is 2. The third kappa shape index (κ3) is 6.41. The van der Waals surface area contributed by atoms with Gasteiger partial charge in [0.2, 0.25) is 0 Å². The van der Waals surface area contributed by atoms with Gasteiger partial charge in [0.1, 0.15) is 11.6 Å². The van der Waals surface area contributed by atoms with Crippen molar-refractivity contribution in [2.45, 2.75) is 25.2 Å². The van der Waals surface area contributed by atoms with Crippen LogP contribution >= 0.6 is 0 Å². The van der Waals surface area contributed by atoms with Gasteiger partial charge in [-0.05, 0) is 50.8 Å². The van der Waals surface area contributed by atoms with Gasteiger partial charge in [-0.25, -0.2) is 23.4 Å². The van der Waals surface area contributed by atoms with E-state index in [-0.39, 0.29) is 21.9 Å². The number of carbonyl (C=O) groups is 1. The van der Waals surface area contributed by atoms with E-state index in [1.54, 1.807) is 6.07 Å². The quantitative estimate of drug-likeness (QED) is 0.279. The lowest BCUT2D eigenvalue weighted by Gasteiger charge is -2.22. The first-order valence-corrected chi connectivity index (χ1v) is 13.1. The normalized spacial score (nSPS) is 15.7. The molecule has 1 aliphatic rings. The Kier molecular flexibility index (Phi) is 8.28. The summed E-state index contributed by atoms with van der Waals surface area (Å²) >= 11 is 0. The first kappa shape index (κ1) is 29.8. The number of halogens is 5. The summed E-state index contributed by atoms with van der Waals surface area (Å²) in [6.07, 6.45) is -0.958. The minimum Gasteiger partial charge on any atom is -0.454 e. The third-order valence-electron chi connectivity index (χ3n) is 7.04. The Morgan fingerprint density at radius 2 is 1.91 bits per heavy atom. The second kappa shape index (κ2) is 11.9. The number of alkyl halides is 3. The number of benzene rings is 1. The predicted octanol–water partition coefficient (Wildman–Crippen LogP) is 4.72. The molecule has 1 unspecified atom stereocenters. The molecule has 1 aliphatic heterocycles. The van der Waals surface area contributed by atoms with Crippen molar-refractivity contribution < 1.29 is 31.5 Å². The third-order valence-corrected chi connectivity index (χ3v) is 7.04. The summed E-state index contributed by atoms with van der Waals surface area (Å²) in [5.74, 6) is -3.61. The Labute approximate surface area is 242 Å². The molecule has 1 fully saturated rings. The maximum atomic E-state index is 15.1. The zero-order valence-electron chi connectivity index (χ0n) is 23.1. The molecule has 0 saturated carbocycles. The summed E-state index contributed by atoms with van der Waals surface area (Å²) < 4.78 is 77.1. The van der Waals surface area contributed by atoms with Gasteiger partial charge in [-0.3, -0.25) is 9.69 Å². The summed E-state index contributed by atoms with van der Waals surface area (Å²) in [5, 5.41) is 5.76. The van der Waals surface area contributed by atoms with E-state index in [0.717, 1.165) is 37.8 Å². The zero-order chi connectivity index (χ0) is 30.9. The Morgan fingerprint density at radius 1 is 1.12 bits per heavy atom. The van der Waals surface area contributed by atoms with Crippen LogP contribution in [0.25, 0.3) is 5.82 Å². The molecule has 0 radical (unpaired) electrons. The van der Waals surface area contributed by atoms with E-state index in [4.69, 9.17) is 10.5 Å². The molecule has 1 amide bonds. The second-order valence-electron chi connectivity index (χ2n) is 10.1. The molecule has 1 atom stereocenters. The van der Waals surface area contributed by atoms with Crippen LogP contribution in [0.2, 0.25) is 0 Å². The Hall–Kier alpha value is -4.63. The number of nitrogens with two attached hydrogens (primary N) is 1. The molecule has 3 N–H and O–H groups in total. The zero-order valence-corrected chi connectivity index (χ0v) is 23.1. The first-order valence-electron chi connectivity index (χ1n) is 13.1. The maximum absolute atomic E-state index is 15.1. The number of hydrogen-bond donors (Lipinski definition) is 2. The highest BCUT2D eigenvalue weighted by Gasteiger charge is 2.41. The number of hydrogen-bond acceptors (Lipinski definition) is 8. The van der Waals surface area contributed by atoms with Crippen LogP contribution in [-0.4, -0.2) is 68.7 Å². The summed E-state index contributed by atoms with van der Waals surface area (Å²) in [6.45, 7) is 2.09. The molecule has 0 spiro atoms. The molecule has 4 heterocycles. The Morgan fingerprint density at radius 3 is 2.58 bits per heavy atom. The highest BCUT2D eigenvalue weighted by Crippen LogP contribution is 2.35. The average molecular weight is 603 g/mol. The van der Waals surface area contributed by atoms with Crippen molar-refractivity contribution in [1.82, 2.24) is 29.5 Å². The van der Waals surface area contributed by atoms with Gasteiger partial charge in [0.15, 0.2) is 28.9 Å². The molecule has 15 heteroatoms. The van der Waals surface area contributed by atoms with Gasteiger partial charge in [-0.2, -0.15) is 18.3 Å². The van der Waals surface area contributed by atoms with Crippen LogP contribution in [0.4, 0.5) is 33.5 Å². The number of anilines is 2. The Bertz CT molecular complexity index is 1640. The summed E-state index contributed by atoms with van der Waals surface area (Å²) in [5.41, 5.74) is 4.11. The molecule has 5 rings (SSSR count). The van der Waals surface area contributed by atoms with E-state index in [9.17, 15) is 22.4 Å². The first-order chi connectivity index (χ1) is 20.4. The van der Waals surface area contributed by atoms with Gasteiger partial charge in [-0.15, -0.1) is 0 Å². The van der Waals surface area contributed by atoms with Crippen LogP contribution < -0.4 is 15.8 Å². The van der Waals surface area contributed by atoms with E-state index in [2.05, 4.69) is 30.2 Å². The SMILES string of the molecule is CN(C)C1CCN(Cc2c(Oc3ccc(NC(=O)c4cnn(-c5ncccc5F)c4C(F)(F)F)cc3F)ccnc2N)C1. The largest absolute Gasteiger partial charge is 0.454 e. The minimum absolute atomic E-state index is 0.152. The molecule has 0 bridgehead atoms. The number of aromatic nitrogens is 4. The average Bonchev–Trinajstić information content (AvgIpc) is 3.60. The van der Waals surface area contributed by atoms with Crippen LogP contribution in [-0.2, 0) is 12.7 Å². The van der Waals surface area contributed by atoms with Gasteiger partial charge in [-0.1, -0.05) is 0 Å². The lowest BCUT2D eigenvalue weighted by molar-refractivity contribution is -0.143. The van der Waals surface area contributed by atoms with Crippen molar-refractivity contribution in [2.75, 3.05) is 38.2 Å². The van der Waals surface area contributed by atoms with E-state index in [0.29, 0.717) is 30.1 Å². The maximum Gasteiger partial charge on any atom is 0.434 e. The van der Waals surface area contributed by atoms with Crippen molar-refractivity contribution in [3.8, 4) is 17.3 Å². The Balaban J connectivity index is 1.34. The van der Waals surface area contributed by atoms with Crippen LogP contribution in [0, 0.1) is 11.6 Å². The molecule has 10 nitrogen and oxygen atoms in total. The van der Waals surface area contributed by atoms with Gasteiger partial charge >= 0.3 is 6.18 Å². The highest BCUT2D eigenvalue weighted by atomic mass is 19.4. The number of nitrogen functional groups attached to an aromatic ring is 1. The van der Waals surface area contributed by atoms with E-state index in [1.807, 2.05) is 14.1 Å². The number of nitrogens with one attached hydrogen (secondary N) is 1. The van der Waals surface area contributed by atoms with Crippen LogP contribution in [0.15, 0.2) is 55.0 Å². The molecular formula is C28H27F5N8O2. The van der Waals surface area contributed by atoms with Gasteiger partial charge in [0, 0.05) is 49.8 Å². The predicted molar refractivity (Wildman–Crippen MR) is 147 cm³/mol. The highest BCUT2D eigenvalue weighted by molar-refractivity contribution is 6.05. The van der Waals surface area contributed by atoms with E-state index in [1.165, 1.54) is 24.4 Å². The van der Waals surface area contributed by atoms with Crippen LogP contribution in [0.5, 0.6) is 11.5 Å². The second-order valence-corrected chi connectivity index (χ2v) is 10.1. The van der Waals surface area contributed by atoms with Crippen LogP contribution in [0.1, 0.15) is 28.0 Å². The smallest absolute Gasteiger partial charge is 0.434 e. The van der Waals surface area contributed by atoms with Crippen molar-refractivity contribution in [2.24, 2.45) is 0 Å². The number of carbonyl (C=O) groups excluding carboxylic acids is 1. The lowest BCUT2D eigenvalue weighted by Crippen LogP contribution is -2.31. The lowest BCUT2D eigenvalue weighted by atomic mass is 10.2. The van der Waals surface area contributed by atoms with Crippen molar-refractivity contribution in [3.63, 3.8) is 0 Å². The molecule has 1 saturated heterocycles. The van der Waals surface area contributed by atoms with E-state index >= 15 is 4.39 Å². The fourth-order valence-electron chi connectivity index (χ4n) is 4.80. The number of ether oxygens (including phenoxy) is 1. The molecule has 226 valence electrons. The molecule has 4 aromatic rings. The van der Waals surface area contributed by atoms with Gasteiger partial charge in [0.25, 0.3) is 5.91 Å². The number of amides is 1. The molecule has 1 aromatic carbocycles. The number of rotatable bonds is 8. The number of likely N-dealkylation sites (N-methyl/N-ethyl adjacent to an activating group) is 1. The van der Waals surface area contributed by atoms with E-state index < -0.39 is 40.8 Å². The summed E-state index contributed by atoms with van der Waals surface area (Å²) in [7, 11) is 4.03. The number of likely N-dealkylation sites (tertiary alicyclic amines) is 1. The van der Waals surface area contributed by atoms with Crippen molar-refractivity contribution in [3.05, 3.63) is 83.4 Å². The monoisotopic (exact) mass is 602 g/mol. The van der Waals surface area contributed by atoms with Crippen LogP contribution in [0.3, 0.4) is 0 Å². The summed E-state index contributed by atoms with van der Waals surface area (Å²) in [4.78, 5) is 24.9. The van der Waals surface area contributed by atoms with Crippen molar-refractivity contribution in [1.29, 1.82) is 0 Å². The topological polar surface area (TPSA) is 114 Å². The molecule has 3 aromatic heterocycles.